The Morgan fingerprint density at radius 1 is 1.11 bits per heavy atom. The van der Waals surface area contributed by atoms with E-state index in [2.05, 4.69) is 10.3 Å². The lowest BCUT2D eigenvalue weighted by Crippen LogP contribution is -2.28. The number of carbonyl (C=O) groups excluding carboxylic acids is 2. The molecule has 4 rings (SSSR count). The maximum absolute atomic E-state index is 13.4. The number of aromatic nitrogens is 1. The van der Waals surface area contributed by atoms with E-state index < -0.39 is 11.9 Å². The molecule has 1 aliphatic carbocycles. The maximum Gasteiger partial charge on any atom is 0.433 e. The molecule has 0 amide bonds. The molecule has 188 valence electrons. The fraction of sp³-hybridized carbons (Fsp3) is 0.346. The third-order valence-corrected chi connectivity index (χ3v) is 7.87. The van der Waals surface area contributed by atoms with Gasteiger partial charge in [-0.05, 0) is 54.8 Å². The SMILES string of the molecule is CCC(=O)Oc1cccc(C(=O)[Si]C2CCC(Nc3cc(C(F)(F)F)nc4ccc(Cl)cc34)CC2)c1. The molecule has 5 nitrogen and oxygen atoms in total. The molecule has 1 saturated carbocycles. The highest BCUT2D eigenvalue weighted by Gasteiger charge is 2.34. The van der Waals surface area contributed by atoms with Crippen LogP contribution in [0.2, 0.25) is 10.6 Å². The van der Waals surface area contributed by atoms with Crippen LogP contribution < -0.4 is 10.1 Å². The third kappa shape index (κ3) is 6.44. The van der Waals surface area contributed by atoms with E-state index in [4.69, 9.17) is 16.3 Å². The van der Waals surface area contributed by atoms with Gasteiger partial charge in [0.1, 0.15) is 26.4 Å². The Balaban J connectivity index is 1.40. The van der Waals surface area contributed by atoms with E-state index in [1.54, 1.807) is 37.3 Å². The number of hydrogen-bond donors (Lipinski definition) is 1. The van der Waals surface area contributed by atoms with Gasteiger partial charge < -0.3 is 14.8 Å². The van der Waals surface area contributed by atoms with Gasteiger partial charge in [0, 0.05) is 34.1 Å². The Morgan fingerprint density at radius 3 is 2.56 bits per heavy atom. The number of carbonyl (C=O) groups is 2. The number of esters is 1. The topological polar surface area (TPSA) is 68.3 Å². The van der Waals surface area contributed by atoms with Gasteiger partial charge in [0.15, 0.2) is 0 Å². The highest BCUT2D eigenvalue weighted by molar-refractivity contribution is 6.78. The summed E-state index contributed by atoms with van der Waals surface area (Å²) in [5.74, 6) is -0.00668. The molecule has 10 heteroatoms. The summed E-state index contributed by atoms with van der Waals surface area (Å²) in [6, 6.07) is 12.3. The lowest BCUT2D eigenvalue weighted by Gasteiger charge is -2.29. The quantitative estimate of drug-likeness (QED) is 0.203. The number of hydrogen-bond acceptors (Lipinski definition) is 5. The van der Waals surface area contributed by atoms with E-state index >= 15 is 0 Å². The molecule has 1 aromatic heterocycles. The number of rotatable bonds is 7. The smallest absolute Gasteiger partial charge is 0.427 e. The number of anilines is 1. The molecule has 3 aromatic rings. The molecule has 1 N–H and O–H groups in total. The van der Waals surface area contributed by atoms with Gasteiger partial charge in [-0.15, -0.1) is 0 Å². The zero-order valence-corrected chi connectivity index (χ0v) is 21.2. The summed E-state index contributed by atoms with van der Waals surface area (Å²) < 4.78 is 45.4. The largest absolute Gasteiger partial charge is 0.433 e. The molecule has 36 heavy (non-hydrogen) atoms. The Morgan fingerprint density at radius 2 is 1.86 bits per heavy atom. The van der Waals surface area contributed by atoms with Crippen LogP contribution in [0.3, 0.4) is 0 Å². The average molecular weight is 533 g/mol. The molecule has 2 aromatic carbocycles. The summed E-state index contributed by atoms with van der Waals surface area (Å²) >= 11 is 6.09. The van der Waals surface area contributed by atoms with E-state index in [-0.39, 0.29) is 44.4 Å². The van der Waals surface area contributed by atoms with Crippen LogP contribution in [0.1, 0.15) is 55.1 Å². The van der Waals surface area contributed by atoms with Crippen LogP contribution in [0.15, 0.2) is 48.5 Å². The van der Waals surface area contributed by atoms with Crippen LogP contribution in [0.4, 0.5) is 18.9 Å². The van der Waals surface area contributed by atoms with E-state index in [0.29, 0.717) is 27.4 Å². The molecule has 1 fully saturated rings. The van der Waals surface area contributed by atoms with Crippen LogP contribution >= 0.6 is 11.6 Å². The molecule has 0 atom stereocenters. The Bertz CT molecular complexity index is 1280. The number of fused-ring (bicyclic) bond motifs is 1. The number of ether oxygens (including phenoxy) is 1. The van der Waals surface area contributed by atoms with Crippen molar-refractivity contribution in [2.45, 2.75) is 56.8 Å². The average Bonchev–Trinajstić information content (AvgIpc) is 2.84. The van der Waals surface area contributed by atoms with Crippen molar-refractivity contribution < 1.29 is 27.5 Å². The predicted molar refractivity (Wildman–Crippen MR) is 134 cm³/mol. The van der Waals surface area contributed by atoms with Gasteiger partial charge in [-0.3, -0.25) is 4.79 Å². The lowest BCUT2D eigenvalue weighted by molar-refractivity contribution is -0.141. The van der Waals surface area contributed by atoms with Crippen molar-refractivity contribution in [2.24, 2.45) is 0 Å². The highest BCUT2D eigenvalue weighted by atomic mass is 35.5. The number of pyridine rings is 1. The molecule has 1 aliphatic rings. The van der Waals surface area contributed by atoms with Gasteiger partial charge >= 0.3 is 12.1 Å². The Hall–Kier alpha value is -2.91. The molecule has 0 unspecified atom stereocenters. The lowest BCUT2D eigenvalue weighted by atomic mass is 9.94. The second kappa shape index (κ2) is 11.0. The van der Waals surface area contributed by atoms with Gasteiger partial charge in [-0.25, -0.2) is 4.98 Å². The zero-order chi connectivity index (χ0) is 25.9. The first-order valence-corrected chi connectivity index (χ1v) is 13.1. The van der Waals surface area contributed by atoms with Gasteiger partial charge in [0.2, 0.25) is 0 Å². The second-order valence-corrected chi connectivity index (χ2v) is 10.7. The summed E-state index contributed by atoms with van der Waals surface area (Å²) in [6.45, 7) is 1.70. The highest BCUT2D eigenvalue weighted by Crippen LogP contribution is 2.36. The first-order valence-electron chi connectivity index (χ1n) is 11.7. The van der Waals surface area contributed by atoms with Gasteiger partial charge in [0.05, 0.1) is 5.52 Å². The molecular weight excluding hydrogens is 509 g/mol. The molecule has 0 saturated heterocycles. The summed E-state index contributed by atoms with van der Waals surface area (Å²) in [5.41, 5.74) is 0.341. The predicted octanol–water partition coefficient (Wildman–Crippen LogP) is 6.91. The summed E-state index contributed by atoms with van der Waals surface area (Å²) in [5, 5.41) is 4.24. The summed E-state index contributed by atoms with van der Waals surface area (Å²) in [4.78, 5) is 28.1. The van der Waals surface area contributed by atoms with Gasteiger partial charge in [-0.2, -0.15) is 13.2 Å². The van der Waals surface area contributed by atoms with E-state index in [1.165, 1.54) is 12.1 Å². The monoisotopic (exact) mass is 532 g/mol. The second-order valence-electron chi connectivity index (χ2n) is 8.74. The third-order valence-electron chi connectivity index (χ3n) is 6.10. The first-order chi connectivity index (χ1) is 17.1. The number of halogens is 4. The fourth-order valence-electron chi connectivity index (χ4n) is 4.24. The van der Waals surface area contributed by atoms with Crippen molar-refractivity contribution in [3.8, 4) is 5.75 Å². The molecular formula is C26H24ClF3N2O3Si. The van der Waals surface area contributed by atoms with Crippen molar-refractivity contribution in [2.75, 3.05) is 5.32 Å². The van der Waals surface area contributed by atoms with Crippen LogP contribution in [0.25, 0.3) is 10.9 Å². The van der Waals surface area contributed by atoms with Crippen molar-refractivity contribution in [1.29, 1.82) is 0 Å². The van der Waals surface area contributed by atoms with Gasteiger partial charge in [-0.1, -0.05) is 43.5 Å². The van der Waals surface area contributed by atoms with Crippen LogP contribution in [0, 0.1) is 0 Å². The maximum atomic E-state index is 13.4. The molecule has 1 heterocycles. The minimum Gasteiger partial charge on any atom is -0.427 e. The minimum atomic E-state index is -4.56. The van der Waals surface area contributed by atoms with E-state index in [0.717, 1.165) is 31.7 Å². The van der Waals surface area contributed by atoms with Gasteiger partial charge in [0.25, 0.3) is 0 Å². The molecule has 0 aliphatic heterocycles. The van der Waals surface area contributed by atoms with Crippen molar-refractivity contribution in [3.05, 3.63) is 64.8 Å². The van der Waals surface area contributed by atoms with Crippen molar-refractivity contribution in [1.82, 2.24) is 4.98 Å². The van der Waals surface area contributed by atoms with E-state index in [1.807, 2.05) is 0 Å². The van der Waals surface area contributed by atoms with E-state index in [9.17, 15) is 22.8 Å². The number of alkyl halides is 3. The standard InChI is InChI=1S/C26H24ClF3N2O3Si/c1-2-24(33)35-18-5-3-4-15(12-18)25(34)36-19-9-7-17(8-10-19)31-22-14-23(26(28,29)30)32-21-11-6-16(27)13-20(21)22/h3-6,11-14,17,19H,2,7-10H2,1H3,(H,31,32). The summed E-state index contributed by atoms with van der Waals surface area (Å²) in [7, 11) is 0.0726. The van der Waals surface area contributed by atoms with Crippen molar-refractivity contribution in [3.63, 3.8) is 0 Å². The van der Waals surface area contributed by atoms with Crippen molar-refractivity contribution >= 4 is 49.1 Å². The minimum absolute atomic E-state index is 0.00500. The number of nitrogens with one attached hydrogen (secondary N) is 1. The first kappa shape index (κ1) is 26.2. The Kier molecular flexibility index (Phi) is 7.99. The zero-order valence-electron chi connectivity index (χ0n) is 19.5. The normalized spacial score (nSPS) is 18.1. The molecule has 0 spiro atoms. The fourth-order valence-corrected chi connectivity index (χ4v) is 5.72. The molecule has 0 bridgehead atoms. The van der Waals surface area contributed by atoms with Crippen LogP contribution in [-0.4, -0.2) is 31.9 Å². The Labute approximate surface area is 214 Å². The molecule has 2 radical (unpaired) electrons. The number of nitrogens with zero attached hydrogens (tertiary/aromatic N) is 1. The number of benzene rings is 2. The summed E-state index contributed by atoms with van der Waals surface area (Å²) in [6.07, 6.45) is -1.30. The van der Waals surface area contributed by atoms with Crippen LogP contribution in [-0.2, 0) is 11.0 Å². The van der Waals surface area contributed by atoms with Crippen LogP contribution in [0.5, 0.6) is 5.75 Å².